The minimum Gasteiger partial charge on any atom is -0.461 e. The lowest BCUT2D eigenvalue weighted by atomic mass is 10.1. The third-order valence-electron chi connectivity index (χ3n) is 3.12. The van der Waals surface area contributed by atoms with Gasteiger partial charge in [-0.05, 0) is 56.8 Å². The predicted octanol–water partition coefficient (Wildman–Crippen LogP) is 4.06. The maximum absolute atomic E-state index is 5.96. The summed E-state index contributed by atoms with van der Waals surface area (Å²) in [5, 5.41) is 3.96. The van der Waals surface area contributed by atoms with Gasteiger partial charge >= 0.3 is 0 Å². The summed E-state index contributed by atoms with van der Waals surface area (Å²) in [4.78, 5) is 0. The molecule has 0 fully saturated rings. The average Bonchev–Trinajstić information content (AvgIpc) is 2.77. The molecule has 0 spiro atoms. The molecule has 0 bridgehead atoms. The minimum atomic E-state index is 0.412. The van der Waals surface area contributed by atoms with E-state index in [-0.39, 0.29) is 0 Å². The van der Waals surface area contributed by atoms with E-state index in [2.05, 4.69) is 12.2 Å². The van der Waals surface area contributed by atoms with Crippen LogP contribution in [0.5, 0.6) is 0 Å². The second-order valence-electron chi connectivity index (χ2n) is 4.62. The Labute approximate surface area is 113 Å². The Morgan fingerprint density at radius 3 is 2.72 bits per heavy atom. The van der Waals surface area contributed by atoms with E-state index < -0.39 is 0 Å². The van der Waals surface area contributed by atoms with E-state index in [4.69, 9.17) is 16.0 Å². The highest BCUT2D eigenvalue weighted by Gasteiger charge is 2.09. The summed E-state index contributed by atoms with van der Waals surface area (Å²) in [6.45, 7) is 4.18. The number of furan rings is 1. The van der Waals surface area contributed by atoms with Crippen LogP contribution in [0.2, 0.25) is 5.02 Å². The quantitative estimate of drug-likeness (QED) is 0.900. The molecule has 0 aliphatic carbocycles. The Bertz CT molecular complexity index is 533. The number of nitrogens with one attached hydrogen (secondary N) is 1. The average molecular weight is 264 g/mol. The summed E-state index contributed by atoms with van der Waals surface area (Å²) >= 11 is 5.96. The number of hydrogen-bond donors (Lipinski definition) is 1. The third-order valence-corrected chi connectivity index (χ3v) is 3.35. The van der Waals surface area contributed by atoms with Gasteiger partial charge in [-0.15, -0.1) is 0 Å². The number of halogens is 1. The van der Waals surface area contributed by atoms with Crippen LogP contribution >= 0.6 is 11.6 Å². The highest BCUT2D eigenvalue weighted by Crippen LogP contribution is 2.27. The first-order valence-corrected chi connectivity index (χ1v) is 6.50. The van der Waals surface area contributed by atoms with Gasteiger partial charge in [-0.25, -0.2) is 0 Å². The largest absolute Gasteiger partial charge is 0.461 e. The lowest BCUT2D eigenvalue weighted by molar-refractivity contribution is 0.481. The smallest absolute Gasteiger partial charge is 0.134 e. The molecule has 2 nitrogen and oxygen atoms in total. The molecule has 1 atom stereocenters. The molecule has 0 amide bonds. The van der Waals surface area contributed by atoms with Crippen molar-refractivity contribution >= 4 is 11.6 Å². The van der Waals surface area contributed by atoms with Crippen molar-refractivity contribution in [2.24, 2.45) is 0 Å². The van der Waals surface area contributed by atoms with Crippen molar-refractivity contribution in [3.8, 4) is 11.3 Å². The molecule has 2 aromatic rings. The van der Waals surface area contributed by atoms with Gasteiger partial charge in [0.05, 0.1) is 0 Å². The van der Waals surface area contributed by atoms with E-state index in [0.29, 0.717) is 6.04 Å². The normalized spacial score (nSPS) is 12.7. The molecule has 1 aromatic carbocycles. The molecule has 2 rings (SSSR count). The first kappa shape index (κ1) is 13.2. The van der Waals surface area contributed by atoms with Gasteiger partial charge in [0.15, 0.2) is 0 Å². The van der Waals surface area contributed by atoms with Crippen LogP contribution in [0.15, 0.2) is 34.7 Å². The molecule has 0 saturated heterocycles. The van der Waals surface area contributed by atoms with Crippen molar-refractivity contribution < 1.29 is 4.42 Å². The second kappa shape index (κ2) is 5.59. The van der Waals surface area contributed by atoms with Crippen LogP contribution < -0.4 is 5.32 Å². The van der Waals surface area contributed by atoms with Crippen LogP contribution in [0, 0.1) is 6.92 Å². The van der Waals surface area contributed by atoms with Crippen LogP contribution in [0.4, 0.5) is 0 Å². The van der Waals surface area contributed by atoms with E-state index in [1.54, 1.807) is 0 Å². The predicted molar refractivity (Wildman–Crippen MR) is 76.1 cm³/mol. The summed E-state index contributed by atoms with van der Waals surface area (Å²) < 4.78 is 5.88. The van der Waals surface area contributed by atoms with Gasteiger partial charge in [0.1, 0.15) is 11.5 Å². The van der Waals surface area contributed by atoms with E-state index in [0.717, 1.165) is 34.1 Å². The van der Waals surface area contributed by atoms with Gasteiger partial charge in [0.2, 0.25) is 0 Å². The molecule has 0 aliphatic rings. The Morgan fingerprint density at radius 2 is 2.06 bits per heavy atom. The summed E-state index contributed by atoms with van der Waals surface area (Å²) in [6, 6.07) is 10.3. The van der Waals surface area contributed by atoms with Gasteiger partial charge in [0.25, 0.3) is 0 Å². The highest BCUT2D eigenvalue weighted by atomic mass is 35.5. The lowest BCUT2D eigenvalue weighted by Gasteiger charge is -2.07. The van der Waals surface area contributed by atoms with E-state index >= 15 is 0 Å². The van der Waals surface area contributed by atoms with Crippen molar-refractivity contribution in [1.82, 2.24) is 5.32 Å². The zero-order valence-electron chi connectivity index (χ0n) is 11.0. The van der Waals surface area contributed by atoms with Crippen molar-refractivity contribution in [1.29, 1.82) is 0 Å². The highest BCUT2D eigenvalue weighted by molar-refractivity contribution is 6.30. The molecule has 1 heterocycles. The third kappa shape index (κ3) is 2.95. The first-order chi connectivity index (χ1) is 8.60. The summed E-state index contributed by atoms with van der Waals surface area (Å²) in [5.74, 6) is 1.91. The van der Waals surface area contributed by atoms with Crippen LogP contribution in [0.25, 0.3) is 11.3 Å². The number of likely N-dealkylation sites (N-methyl/N-ethyl adjacent to an activating group) is 1. The van der Waals surface area contributed by atoms with Gasteiger partial charge in [-0.2, -0.15) is 0 Å². The van der Waals surface area contributed by atoms with Gasteiger partial charge in [-0.3, -0.25) is 0 Å². The molecule has 0 saturated carbocycles. The molecule has 1 unspecified atom stereocenters. The van der Waals surface area contributed by atoms with Crippen LogP contribution in [-0.4, -0.2) is 13.1 Å². The molecular weight excluding hydrogens is 246 g/mol. The fourth-order valence-corrected chi connectivity index (χ4v) is 2.17. The Kier molecular flexibility index (Phi) is 4.10. The summed E-state index contributed by atoms with van der Waals surface area (Å²) in [7, 11) is 1.96. The molecular formula is C15H18ClNO. The fraction of sp³-hybridized carbons (Fsp3) is 0.333. The molecule has 96 valence electrons. The van der Waals surface area contributed by atoms with Gasteiger partial charge in [0, 0.05) is 23.0 Å². The van der Waals surface area contributed by atoms with E-state index in [9.17, 15) is 0 Å². The molecule has 1 aromatic heterocycles. The van der Waals surface area contributed by atoms with Crippen LogP contribution in [0.1, 0.15) is 18.2 Å². The lowest BCUT2D eigenvalue weighted by Crippen LogP contribution is -2.23. The maximum atomic E-state index is 5.96. The fourth-order valence-electron chi connectivity index (χ4n) is 1.94. The Balaban J connectivity index is 2.24. The van der Waals surface area contributed by atoms with Gasteiger partial charge in [-0.1, -0.05) is 11.6 Å². The Hall–Kier alpha value is -1.25. The number of benzene rings is 1. The first-order valence-electron chi connectivity index (χ1n) is 6.12. The zero-order chi connectivity index (χ0) is 13.1. The molecule has 18 heavy (non-hydrogen) atoms. The van der Waals surface area contributed by atoms with Crippen molar-refractivity contribution in [3.63, 3.8) is 0 Å². The van der Waals surface area contributed by atoms with Gasteiger partial charge < -0.3 is 9.73 Å². The van der Waals surface area contributed by atoms with Crippen molar-refractivity contribution in [3.05, 3.63) is 46.7 Å². The zero-order valence-corrected chi connectivity index (χ0v) is 11.7. The minimum absolute atomic E-state index is 0.412. The molecule has 3 heteroatoms. The SMILES string of the molecule is CNC(C)Cc1ccc(-c2ccc(Cl)cc2C)o1. The number of hydrogen-bond acceptors (Lipinski definition) is 2. The molecule has 1 N–H and O–H groups in total. The van der Waals surface area contributed by atoms with E-state index in [1.807, 2.05) is 44.3 Å². The van der Waals surface area contributed by atoms with E-state index in [1.165, 1.54) is 0 Å². The van der Waals surface area contributed by atoms with Crippen LogP contribution in [-0.2, 0) is 6.42 Å². The maximum Gasteiger partial charge on any atom is 0.134 e. The Morgan fingerprint density at radius 1 is 1.28 bits per heavy atom. The summed E-state index contributed by atoms with van der Waals surface area (Å²) in [6.07, 6.45) is 0.892. The number of aryl methyl sites for hydroxylation is 1. The monoisotopic (exact) mass is 263 g/mol. The van der Waals surface area contributed by atoms with Crippen molar-refractivity contribution in [2.75, 3.05) is 7.05 Å². The van der Waals surface area contributed by atoms with Crippen LogP contribution in [0.3, 0.4) is 0 Å². The molecule has 0 aliphatic heterocycles. The van der Waals surface area contributed by atoms with Crippen molar-refractivity contribution in [2.45, 2.75) is 26.3 Å². The number of rotatable bonds is 4. The molecule has 0 radical (unpaired) electrons. The second-order valence-corrected chi connectivity index (χ2v) is 5.06. The standard InChI is InChI=1S/C15H18ClNO/c1-10-8-12(16)4-6-14(10)15-7-5-13(18-15)9-11(2)17-3/h4-8,11,17H,9H2,1-3H3. The topological polar surface area (TPSA) is 25.2 Å². The summed E-state index contributed by atoms with van der Waals surface area (Å²) in [5.41, 5.74) is 2.23.